The third kappa shape index (κ3) is 3.56. The summed E-state index contributed by atoms with van der Waals surface area (Å²) in [6.45, 7) is 2.08. The highest BCUT2D eigenvalue weighted by molar-refractivity contribution is 8.13. The SMILES string of the molecule is CC1(c2ccc(C(=O)Nc3ccccc3)cc2)CCSC(N)=N1. The van der Waals surface area contributed by atoms with Gasteiger partial charge in [-0.2, -0.15) is 0 Å². The molecule has 5 heteroatoms. The fraction of sp³-hybridized carbons (Fsp3) is 0.222. The van der Waals surface area contributed by atoms with Gasteiger partial charge in [0.2, 0.25) is 0 Å². The van der Waals surface area contributed by atoms with Gasteiger partial charge in [-0.3, -0.25) is 9.79 Å². The van der Waals surface area contributed by atoms with Crippen molar-refractivity contribution in [3.05, 3.63) is 65.7 Å². The van der Waals surface area contributed by atoms with Crippen molar-refractivity contribution in [2.24, 2.45) is 10.7 Å². The van der Waals surface area contributed by atoms with Gasteiger partial charge in [-0.1, -0.05) is 42.1 Å². The Balaban J connectivity index is 1.77. The zero-order valence-corrected chi connectivity index (χ0v) is 13.8. The summed E-state index contributed by atoms with van der Waals surface area (Å²) in [7, 11) is 0. The van der Waals surface area contributed by atoms with E-state index in [1.807, 2.05) is 54.6 Å². The number of rotatable bonds is 3. The monoisotopic (exact) mass is 325 g/mol. The maximum absolute atomic E-state index is 12.3. The number of nitrogens with two attached hydrogens (primary N) is 1. The van der Waals surface area contributed by atoms with Crippen LogP contribution in [0.3, 0.4) is 0 Å². The van der Waals surface area contributed by atoms with Gasteiger partial charge >= 0.3 is 0 Å². The fourth-order valence-electron chi connectivity index (χ4n) is 2.60. The maximum Gasteiger partial charge on any atom is 0.255 e. The molecule has 0 aromatic heterocycles. The Labute approximate surface area is 140 Å². The molecule has 4 nitrogen and oxygen atoms in total. The molecule has 2 aromatic carbocycles. The summed E-state index contributed by atoms with van der Waals surface area (Å²) >= 11 is 1.59. The maximum atomic E-state index is 12.3. The lowest BCUT2D eigenvalue weighted by atomic mass is 9.89. The lowest BCUT2D eigenvalue weighted by molar-refractivity contribution is 0.102. The first-order valence-corrected chi connectivity index (χ1v) is 8.50. The Morgan fingerprint density at radius 3 is 2.52 bits per heavy atom. The van der Waals surface area contributed by atoms with E-state index >= 15 is 0 Å². The quantitative estimate of drug-likeness (QED) is 0.906. The molecule has 0 saturated carbocycles. The van der Waals surface area contributed by atoms with Gasteiger partial charge in [0.05, 0.1) is 5.54 Å². The highest BCUT2D eigenvalue weighted by Gasteiger charge is 2.29. The molecule has 1 heterocycles. The van der Waals surface area contributed by atoms with E-state index in [2.05, 4.69) is 17.2 Å². The Morgan fingerprint density at radius 2 is 1.87 bits per heavy atom. The standard InChI is InChI=1S/C18H19N3OS/c1-18(11-12-23-17(19)21-18)14-9-7-13(8-10-14)16(22)20-15-5-3-2-4-6-15/h2-10H,11-12H2,1H3,(H2,19,21)(H,20,22). The van der Waals surface area contributed by atoms with Crippen LogP contribution >= 0.6 is 11.8 Å². The molecule has 0 saturated heterocycles. The first kappa shape index (κ1) is 15.6. The van der Waals surface area contributed by atoms with E-state index in [4.69, 9.17) is 5.73 Å². The van der Waals surface area contributed by atoms with E-state index in [9.17, 15) is 4.79 Å². The molecule has 3 N–H and O–H groups in total. The van der Waals surface area contributed by atoms with Crippen LogP contribution in [0.15, 0.2) is 59.6 Å². The Morgan fingerprint density at radius 1 is 1.17 bits per heavy atom. The summed E-state index contributed by atoms with van der Waals surface area (Å²) in [5.74, 6) is 0.845. The largest absolute Gasteiger partial charge is 0.379 e. The van der Waals surface area contributed by atoms with Crippen LogP contribution < -0.4 is 11.1 Å². The minimum absolute atomic E-state index is 0.116. The van der Waals surface area contributed by atoms with E-state index < -0.39 is 0 Å². The second-order valence-corrected chi connectivity index (χ2v) is 6.84. The minimum Gasteiger partial charge on any atom is -0.379 e. The molecule has 0 aliphatic carbocycles. The van der Waals surface area contributed by atoms with Crippen LogP contribution in [0.25, 0.3) is 0 Å². The van der Waals surface area contributed by atoms with Gasteiger partial charge in [0.1, 0.15) is 0 Å². The normalized spacial score (nSPS) is 20.7. The number of nitrogens with zero attached hydrogens (tertiary/aromatic N) is 1. The average molecular weight is 325 g/mol. The molecule has 118 valence electrons. The van der Waals surface area contributed by atoms with Gasteiger partial charge in [-0.05, 0) is 43.2 Å². The van der Waals surface area contributed by atoms with Crippen LogP contribution in [0.5, 0.6) is 0 Å². The topological polar surface area (TPSA) is 67.5 Å². The summed E-state index contributed by atoms with van der Waals surface area (Å²) < 4.78 is 0. The number of aliphatic imine (C=N–C) groups is 1. The molecule has 2 aromatic rings. The number of para-hydroxylation sites is 1. The molecular formula is C18H19N3OS. The predicted molar refractivity (Wildman–Crippen MR) is 96.9 cm³/mol. The lowest BCUT2D eigenvalue weighted by Crippen LogP contribution is -2.28. The lowest BCUT2D eigenvalue weighted by Gasteiger charge is -2.29. The molecule has 1 aliphatic rings. The van der Waals surface area contributed by atoms with Crippen LogP contribution in [-0.4, -0.2) is 16.8 Å². The molecule has 1 amide bonds. The van der Waals surface area contributed by atoms with Gasteiger partial charge in [0, 0.05) is 17.0 Å². The number of carbonyl (C=O) groups is 1. The fourth-order valence-corrected chi connectivity index (χ4v) is 3.57. The summed E-state index contributed by atoms with van der Waals surface area (Å²) in [5.41, 5.74) is 8.05. The highest BCUT2D eigenvalue weighted by atomic mass is 32.2. The molecule has 1 unspecified atom stereocenters. The summed E-state index contributed by atoms with van der Waals surface area (Å²) in [6, 6.07) is 17.0. The van der Waals surface area contributed by atoms with Crippen LogP contribution in [0.2, 0.25) is 0 Å². The predicted octanol–water partition coefficient (Wildman–Crippen LogP) is 3.61. The second kappa shape index (κ2) is 6.46. The third-order valence-corrected chi connectivity index (χ3v) is 4.79. The molecule has 3 rings (SSSR count). The molecular weight excluding hydrogens is 306 g/mol. The zero-order valence-electron chi connectivity index (χ0n) is 13.0. The van der Waals surface area contributed by atoms with E-state index in [0.717, 1.165) is 23.4 Å². The van der Waals surface area contributed by atoms with Crippen molar-refractivity contribution in [2.75, 3.05) is 11.1 Å². The third-order valence-electron chi connectivity index (χ3n) is 4.00. The van der Waals surface area contributed by atoms with Crippen molar-refractivity contribution in [3.8, 4) is 0 Å². The molecule has 0 bridgehead atoms. The molecule has 0 spiro atoms. The highest BCUT2D eigenvalue weighted by Crippen LogP contribution is 2.34. The number of amidine groups is 1. The second-order valence-electron chi connectivity index (χ2n) is 5.72. The molecule has 1 aliphatic heterocycles. The van der Waals surface area contributed by atoms with E-state index in [0.29, 0.717) is 10.7 Å². The number of thioether (sulfide) groups is 1. The molecule has 0 radical (unpaired) electrons. The summed E-state index contributed by atoms with van der Waals surface area (Å²) in [5, 5.41) is 3.51. The number of amides is 1. The van der Waals surface area contributed by atoms with Gasteiger partial charge in [0.15, 0.2) is 5.17 Å². The first-order valence-electron chi connectivity index (χ1n) is 7.52. The van der Waals surface area contributed by atoms with Gasteiger partial charge < -0.3 is 11.1 Å². The van der Waals surface area contributed by atoms with Crippen LogP contribution in [-0.2, 0) is 5.54 Å². The number of hydrogen-bond donors (Lipinski definition) is 2. The van der Waals surface area contributed by atoms with Crippen molar-refractivity contribution in [1.29, 1.82) is 0 Å². The molecule has 1 atom stereocenters. The minimum atomic E-state index is -0.302. The number of benzene rings is 2. The van der Waals surface area contributed by atoms with E-state index in [-0.39, 0.29) is 11.4 Å². The zero-order chi connectivity index (χ0) is 16.3. The molecule has 23 heavy (non-hydrogen) atoms. The summed E-state index contributed by atoms with van der Waals surface area (Å²) in [4.78, 5) is 16.9. The van der Waals surface area contributed by atoms with Crippen LogP contribution in [0.4, 0.5) is 5.69 Å². The van der Waals surface area contributed by atoms with Crippen LogP contribution in [0, 0.1) is 0 Å². The van der Waals surface area contributed by atoms with Gasteiger partial charge in [-0.25, -0.2) is 0 Å². The first-order chi connectivity index (χ1) is 11.1. The Bertz CT molecular complexity index is 728. The number of nitrogens with one attached hydrogen (secondary N) is 1. The van der Waals surface area contributed by atoms with Crippen molar-refractivity contribution >= 4 is 28.5 Å². The average Bonchev–Trinajstić information content (AvgIpc) is 2.56. The van der Waals surface area contributed by atoms with Crippen molar-refractivity contribution in [1.82, 2.24) is 0 Å². The van der Waals surface area contributed by atoms with Gasteiger partial charge in [-0.15, -0.1) is 0 Å². The van der Waals surface area contributed by atoms with E-state index in [1.165, 1.54) is 0 Å². The van der Waals surface area contributed by atoms with Gasteiger partial charge in [0.25, 0.3) is 5.91 Å². The number of carbonyl (C=O) groups excluding carboxylic acids is 1. The smallest absolute Gasteiger partial charge is 0.255 e. The van der Waals surface area contributed by atoms with Crippen LogP contribution in [0.1, 0.15) is 29.3 Å². The number of hydrogen-bond acceptors (Lipinski definition) is 4. The molecule has 0 fully saturated rings. The number of anilines is 1. The van der Waals surface area contributed by atoms with Crippen molar-refractivity contribution < 1.29 is 4.79 Å². The van der Waals surface area contributed by atoms with Crippen molar-refractivity contribution in [3.63, 3.8) is 0 Å². The van der Waals surface area contributed by atoms with Crippen molar-refractivity contribution in [2.45, 2.75) is 18.9 Å². The Hall–Kier alpha value is -2.27. The van der Waals surface area contributed by atoms with E-state index in [1.54, 1.807) is 11.8 Å². The summed E-state index contributed by atoms with van der Waals surface area (Å²) in [6.07, 6.45) is 0.938. The Kier molecular flexibility index (Phi) is 4.39.